The first kappa shape index (κ1) is 14.8. The monoisotopic (exact) mass is 298 g/mol. The van der Waals surface area contributed by atoms with Crippen LogP contribution in [0.25, 0.3) is 5.69 Å². The molecule has 2 N–H and O–H groups in total. The van der Waals surface area contributed by atoms with Gasteiger partial charge in [-0.25, -0.2) is 4.68 Å². The van der Waals surface area contributed by atoms with Crippen molar-refractivity contribution in [2.45, 2.75) is 32.2 Å². The van der Waals surface area contributed by atoms with Crippen LogP contribution >= 0.6 is 0 Å². The highest BCUT2D eigenvalue weighted by Crippen LogP contribution is 2.27. The van der Waals surface area contributed by atoms with Gasteiger partial charge in [0.05, 0.1) is 17.9 Å². The quantitative estimate of drug-likeness (QED) is 0.851. The van der Waals surface area contributed by atoms with Crippen molar-refractivity contribution in [3.8, 4) is 5.69 Å². The van der Waals surface area contributed by atoms with E-state index in [2.05, 4.69) is 22.8 Å². The second-order valence-corrected chi connectivity index (χ2v) is 5.60. The Balaban J connectivity index is 1.77. The number of hydrogen-bond donors (Lipinski definition) is 2. The van der Waals surface area contributed by atoms with Gasteiger partial charge in [0.2, 0.25) is 5.91 Å². The summed E-state index contributed by atoms with van der Waals surface area (Å²) in [6.45, 7) is 1.22. The molecule has 3 rings (SSSR count). The minimum atomic E-state index is 0.0651. The first-order valence-electron chi connectivity index (χ1n) is 7.86. The lowest BCUT2D eigenvalue weighted by atomic mass is 10.2. The van der Waals surface area contributed by atoms with Crippen molar-refractivity contribution in [1.82, 2.24) is 20.4 Å². The van der Waals surface area contributed by atoms with E-state index in [9.17, 15) is 4.79 Å². The van der Waals surface area contributed by atoms with E-state index >= 15 is 0 Å². The summed E-state index contributed by atoms with van der Waals surface area (Å²) in [5.41, 5.74) is 4.71. The molecular formula is C17H22N4O. The summed E-state index contributed by atoms with van der Waals surface area (Å²) >= 11 is 0. The highest BCUT2D eigenvalue weighted by atomic mass is 16.1. The average Bonchev–Trinajstić information content (AvgIpc) is 3.14. The molecule has 2 aromatic rings. The molecule has 0 radical (unpaired) electrons. The van der Waals surface area contributed by atoms with Gasteiger partial charge in [0, 0.05) is 18.7 Å². The maximum absolute atomic E-state index is 11.8. The SMILES string of the molecule is CNCCC(=O)NCc1nn(-c2ccccc2)c2c1CCC2. The van der Waals surface area contributed by atoms with E-state index in [0.717, 1.165) is 24.2 Å². The first-order chi connectivity index (χ1) is 10.8. The molecule has 0 saturated carbocycles. The summed E-state index contributed by atoms with van der Waals surface area (Å²) in [6.07, 6.45) is 3.79. The van der Waals surface area contributed by atoms with E-state index < -0.39 is 0 Å². The van der Waals surface area contributed by atoms with Crippen molar-refractivity contribution in [1.29, 1.82) is 0 Å². The fourth-order valence-electron chi connectivity index (χ4n) is 2.95. The lowest BCUT2D eigenvalue weighted by molar-refractivity contribution is -0.121. The Labute approximate surface area is 130 Å². The molecule has 1 aliphatic rings. The lowest BCUT2D eigenvalue weighted by Gasteiger charge is -2.05. The molecule has 1 amide bonds. The largest absolute Gasteiger partial charge is 0.350 e. The number of amides is 1. The van der Waals surface area contributed by atoms with Crippen molar-refractivity contribution in [2.24, 2.45) is 0 Å². The number of carbonyl (C=O) groups excluding carboxylic acids is 1. The van der Waals surface area contributed by atoms with E-state index in [-0.39, 0.29) is 5.91 Å². The van der Waals surface area contributed by atoms with Crippen molar-refractivity contribution < 1.29 is 4.79 Å². The summed E-state index contributed by atoms with van der Waals surface area (Å²) in [4.78, 5) is 11.8. The number of nitrogens with one attached hydrogen (secondary N) is 2. The van der Waals surface area contributed by atoms with Gasteiger partial charge in [0.25, 0.3) is 0 Å². The molecule has 5 nitrogen and oxygen atoms in total. The third-order valence-corrected chi connectivity index (χ3v) is 4.07. The van der Waals surface area contributed by atoms with Gasteiger partial charge in [-0.3, -0.25) is 4.79 Å². The molecular weight excluding hydrogens is 276 g/mol. The first-order valence-corrected chi connectivity index (χ1v) is 7.86. The molecule has 22 heavy (non-hydrogen) atoms. The summed E-state index contributed by atoms with van der Waals surface area (Å²) in [5.74, 6) is 0.0651. The van der Waals surface area contributed by atoms with Gasteiger partial charge in [-0.05, 0) is 44.0 Å². The number of carbonyl (C=O) groups is 1. The van der Waals surface area contributed by atoms with Crippen LogP contribution in [0.5, 0.6) is 0 Å². The zero-order chi connectivity index (χ0) is 15.4. The van der Waals surface area contributed by atoms with Gasteiger partial charge < -0.3 is 10.6 Å². The molecule has 1 aromatic heterocycles. The van der Waals surface area contributed by atoms with E-state index in [1.54, 1.807) is 0 Å². The lowest BCUT2D eigenvalue weighted by Crippen LogP contribution is -2.26. The molecule has 0 unspecified atom stereocenters. The van der Waals surface area contributed by atoms with E-state index in [1.165, 1.54) is 17.7 Å². The minimum Gasteiger partial charge on any atom is -0.350 e. The molecule has 0 aliphatic heterocycles. The fourth-order valence-corrected chi connectivity index (χ4v) is 2.95. The highest BCUT2D eigenvalue weighted by molar-refractivity contribution is 5.76. The van der Waals surface area contributed by atoms with Gasteiger partial charge in [0.15, 0.2) is 0 Å². The molecule has 116 valence electrons. The Kier molecular flexibility index (Phi) is 4.53. The summed E-state index contributed by atoms with van der Waals surface area (Å²) in [7, 11) is 1.85. The summed E-state index contributed by atoms with van der Waals surface area (Å²) in [5, 5.41) is 10.7. The van der Waals surface area contributed by atoms with E-state index in [1.807, 2.05) is 29.9 Å². The second-order valence-electron chi connectivity index (χ2n) is 5.60. The van der Waals surface area contributed by atoms with Gasteiger partial charge in [-0.1, -0.05) is 18.2 Å². The van der Waals surface area contributed by atoms with Crippen LogP contribution in [0.3, 0.4) is 0 Å². The molecule has 0 spiro atoms. The second kappa shape index (κ2) is 6.75. The van der Waals surface area contributed by atoms with Crippen LogP contribution in [0.4, 0.5) is 0 Å². The van der Waals surface area contributed by atoms with E-state index in [0.29, 0.717) is 19.5 Å². The maximum Gasteiger partial charge on any atom is 0.221 e. The Morgan fingerprint density at radius 1 is 1.27 bits per heavy atom. The molecule has 1 aromatic carbocycles. The maximum atomic E-state index is 11.8. The number of aromatic nitrogens is 2. The van der Waals surface area contributed by atoms with Gasteiger partial charge in [0.1, 0.15) is 0 Å². The number of fused-ring (bicyclic) bond motifs is 1. The number of para-hydroxylation sites is 1. The highest BCUT2D eigenvalue weighted by Gasteiger charge is 2.23. The van der Waals surface area contributed by atoms with Crippen LogP contribution in [0.2, 0.25) is 0 Å². The smallest absolute Gasteiger partial charge is 0.221 e. The molecule has 1 aliphatic carbocycles. The van der Waals surface area contributed by atoms with Gasteiger partial charge in [-0.15, -0.1) is 0 Å². The third kappa shape index (κ3) is 3.04. The molecule has 0 bridgehead atoms. The van der Waals surface area contributed by atoms with Crippen molar-refractivity contribution in [3.05, 3.63) is 47.3 Å². The standard InChI is InChI=1S/C17H22N4O/c1-18-11-10-17(22)19-12-15-14-8-5-9-16(14)21(20-15)13-6-3-2-4-7-13/h2-4,6-7,18H,5,8-12H2,1H3,(H,19,22). The predicted molar refractivity (Wildman–Crippen MR) is 86.0 cm³/mol. The van der Waals surface area contributed by atoms with Crippen LogP contribution in [0.15, 0.2) is 30.3 Å². The van der Waals surface area contributed by atoms with E-state index in [4.69, 9.17) is 5.10 Å². The number of benzene rings is 1. The zero-order valence-corrected chi connectivity index (χ0v) is 12.9. The average molecular weight is 298 g/mol. The Bertz CT molecular complexity index is 648. The zero-order valence-electron chi connectivity index (χ0n) is 12.9. The van der Waals surface area contributed by atoms with Crippen molar-refractivity contribution in [2.75, 3.05) is 13.6 Å². The number of nitrogens with zero attached hydrogens (tertiary/aromatic N) is 2. The van der Waals surface area contributed by atoms with Crippen LogP contribution in [-0.4, -0.2) is 29.3 Å². The Hall–Kier alpha value is -2.14. The predicted octanol–water partition coefficient (Wildman–Crippen LogP) is 1.59. The molecule has 0 atom stereocenters. The van der Waals surface area contributed by atoms with Crippen molar-refractivity contribution >= 4 is 5.91 Å². The summed E-state index contributed by atoms with van der Waals surface area (Å²) < 4.78 is 2.04. The normalized spacial score (nSPS) is 13.1. The van der Waals surface area contributed by atoms with Crippen LogP contribution in [0, 0.1) is 0 Å². The third-order valence-electron chi connectivity index (χ3n) is 4.07. The van der Waals surface area contributed by atoms with Crippen LogP contribution in [-0.2, 0) is 24.2 Å². The fraction of sp³-hybridized carbons (Fsp3) is 0.412. The molecule has 0 saturated heterocycles. The topological polar surface area (TPSA) is 59.0 Å². The van der Waals surface area contributed by atoms with Crippen LogP contribution in [0.1, 0.15) is 29.8 Å². The Morgan fingerprint density at radius 3 is 2.86 bits per heavy atom. The molecule has 5 heteroatoms. The molecule has 1 heterocycles. The summed E-state index contributed by atoms with van der Waals surface area (Å²) in [6, 6.07) is 10.2. The number of rotatable bonds is 6. The Morgan fingerprint density at radius 2 is 2.09 bits per heavy atom. The molecule has 0 fully saturated rings. The van der Waals surface area contributed by atoms with Crippen LogP contribution < -0.4 is 10.6 Å². The van der Waals surface area contributed by atoms with Gasteiger partial charge in [-0.2, -0.15) is 5.10 Å². The van der Waals surface area contributed by atoms with Gasteiger partial charge >= 0.3 is 0 Å². The number of hydrogen-bond acceptors (Lipinski definition) is 3. The van der Waals surface area contributed by atoms with Crippen molar-refractivity contribution in [3.63, 3.8) is 0 Å². The minimum absolute atomic E-state index is 0.0651.